The summed E-state index contributed by atoms with van der Waals surface area (Å²) >= 11 is 0. The molecule has 0 spiro atoms. The number of amides is 1. The number of nitrogens with one attached hydrogen (secondary N) is 2. The fourth-order valence-corrected chi connectivity index (χ4v) is 5.21. The number of para-hydroxylation sites is 1. The van der Waals surface area contributed by atoms with Gasteiger partial charge >= 0.3 is 5.63 Å². The zero-order valence-electron chi connectivity index (χ0n) is 18.6. The summed E-state index contributed by atoms with van der Waals surface area (Å²) in [6.45, 7) is 3.85. The van der Waals surface area contributed by atoms with E-state index in [1.54, 1.807) is 12.3 Å². The topological polar surface area (TPSA) is 88.2 Å². The number of hydrogen-bond acceptors (Lipinski definition) is 4. The summed E-state index contributed by atoms with van der Waals surface area (Å²) in [5.74, 6) is -0.179. The van der Waals surface area contributed by atoms with E-state index in [1.165, 1.54) is 10.9 Å². The molecule has 1 unspecified atom stereocenters. The molecule has 0 saturated heterocycles. The normalized spacial score (nSPS) is 15.9. The largest absolute Gasteiger partial charge is 0.464 e. The van der Waals surface area contributed by atoms with Gasteiger partial charge in [-0.05, 0) is 61.9 Å². The number of benzene rings is 2. The number of furan rings is 1. The van der Waals surface area contributed by atoms with E-state index in [0.29, 0.717) is 16.7 Å². The van der Waals surface area contributed by atoms with Crippen molar-refractivity contribution in [2.45, 2.75) is 45.6 Å². The molecule has 1 atom stereocenters. The van der Waals surface area contributed by atoms with Gasteiger partial charge in [0.05, 0.1) is 24.3 Å². The number of carbonyl (C=O) groups is 1. The smallest absolute Gasteiger partial charge is 0.340 e. The van der Waals surface area contributed by atoms with Gasteiger partial charge in [0.15, 0.2) is 0 Å². The number of H-pyrrole nitrogens is 1. The third kappa shape index (κ3) is 3.17. The lowest BCUT2D eigenvalue weighted by molar-refractivity contribution is -0.121. The molecule has 6 heteroatoms. The number of rotatable bonds is 3. The van der Waals surface area contributed by atoms with Crippen LogP contribution >= 0.6 is 0 Å². The Morgan fingerprint density at radius 3 is 2.85 bits per heavy atom. The second-order valence-electron chi connectivity index (χ2n) is 9.01. The Balaban J connectivity index is 1.32. The van der Waals surface area contributed by atoms with Crippen LogP contribution < -0.4 is 10.9 Å². The molecule has 5 aromatic rings. The molecule has 6 nitrogen and oxygen atoms in total. The van der Waals surface area contributed by atoms with E-state index < -0.39 is 5.63 Å². The van der Waals surface area contributed by atoms with Gasteiger partial charge in [0.1, 0.15) is 11.2 Å². The molecule has 0 radical (unpaired) electrons. The van der Waals surface area contributed by atoms with Gasteiger partial charge in [-0.1, -0.05) is 18.2 Å². The first kappa shape index (κ1) is 19.9. The Labute approximate surface area is 189 Å². The molecule has 1 aliphatic rings. The molecule has 0 fully saturated rings. The highest BCUT2D eigenvalue weighted by atomic mass is 16.4. The maximum absolute atomic E-state index is 13.1. The van der Waals surface area contributed by atoms with Crippen molar-refractivity contribution in [3.63, 3.8) is 0 Å². The van der Waals surface area contributed by atoms with Crippen LogP contribution in [0.1, 0.15) is 46.8 Å². The first-order valence-electron chi connectivity index (χ1n) is 11.3. The van der Waals surface area contributed by atoms with Crippen molar-refractivity contribution in [3.8, 4) is 0 Å². The first-order chi connectivity index (χ1) is 16.0. The Morgan fingerprint density at radius 2 is 1.97 bits per heavy atom. The van der Waals surface area contributed by atoms with Gasteiger partial charge in [-0.3, -0.25) is 4.79 Å². The monoisotopic (exact) mass is 440 g/mol. The summed E-state index contributed by atoms with van der Waals surface area (Å²) in [4.78, 5) is 29.3. The number of aromatic amines is 1. The zero-order valence-corrected chi connectivity index (χ0v) is 18.6. The van der Waals surface area contributed by atoms with Crippen LogP contribution in [0.3, 0.4) is 0 Å². The zero-order chi connectivity index (χ0) is 22.7. The SMILES string of the molecule is Cc1coc2cc3oc(=O)c(CC(=O)NC4CCCc5c4[nH]c4ccccc54)c(C)c3cc12. The summed E-state index contributed by atoms with van der Waals surface area (Å²) in [6, 6.07) is 11.9. The summed E-state index contributed by atoms with van der Waals surface area (Å²) in [6.07, 6.45) is 4.55. The maximum atomic E-state index is 13.1. The minimum Gasteiger partial charge on any atom is -0.464 e. The van der Waals surface area contributed by atoms with E-state index in [-0.39, 0.29) is 18.4 Å². The lowest BCUT2D eigenvalue weighted by Gasteiger charge is -2.24. The standard InChI is InChI=1S/C27H24N2O4/c1-14-13-32-23-12-24-19(10-18(14)23)15(2)20(27(31)33-24)11-25(30)28-22-9-5-7-17-16-6-3-4-8-21(16)29-26(17)22/h3-4,6,8,10,12-13,22,29H,5,7,9,11H2,1-2H3,(H,28,30). The van der Waals surface area contributed by atoms with Gasteiger partial charge in [0, 0.05) is 33.4 Å². The van der Waals surface area contributed by atoms with Crippen molar-refractivity contribution in [2.24, 2.45) is 0 Å². The summed E-state index contributed by atoms with van der Waals surface area (Å²) < 4.78 is 11.1. The van der Waals surface area contributed by atoms with Crippen LogP contribution in [0.2, 0.25) is 0 Å². The number of aromatic nitrogens is 1. The molecule has 0 bridgehead atoms. The van der Waals surface area contributed by atoms with Crippen LogP contribution in [0.5, 0.6) is 0 Å². The van der Waals surface area contributed by atoms with Gasteiger partial charge in [0.2, 0.25) is 5.91 Å². The fourth-order valence-electron chi connectivity index (χ4n) is 5.21. The maximum Gasteiger partial charge on any atom is 0.340 e. The highest BCUT2D eigenvalue weighted by molar-refractivity contribution is 5.96. The van der Waals surface area contributed by atoms with E-state index in [1.807, 2.05) is 32.0 Å². The predicted molar refractivity (Wildman–Crippen MR) is 128 cm³/mol. The predicted octanol–water partition coefficient (Wildman–Crippen LogP) is 5.37. The lowest BCUT2D eigenvalue weighted by Crippen LogP contribution is -2.33. The molecule has 0 saturated carbocycles. The molecular weight excluding hydrogens is 416 g/mol. The first-order valence-corrected chi connectivity index (χ1v) is 11.3. The quantitative estimate of drug-likeness (QED) is 0.369. The minimum atomic E-state index is -0.479. The van der Waals surface area contributed by atoms with Crippen molar-refractivity contribution in [1.82, 2.24) is 10.3 Å². The highest BCUT2D eigenvalue weighted by Crippen LogP contribution is 2.35. The average molecular weight is 440 g/mol. The molecular formula is C27H24N2O4. The second-order valence-corrected chi connectivity index (χ2v) is 9.01. The Kier molecular flexibility index (Phi) is 4.43. The molecule has 3 heterocycles. The summed E-state index contributed by atoms with van der Waals surface area (Å²) in [5.41, 5.74) is 6.31. The van der Waals surface area contributed by atoms with Gasteiger partial charge in [0.25, 0.3) is 0 Å². The van der Waals surface area contributed by atoms with Crippen LogP contribution in [0, 0.1) is 13.8 Å². The molecule has 166 valence electrons. The number of carbonyl (C=O) groups excluding carboxylic acids is 1. The summed E-state index contributed by atoms with van der Waals surface area (Å²) in [5, 5.41) is 6.18. The van der Waals surface area contributed by atoms with E-state index >= 15 is 0 Å². The second kappa shape index (κ2) is 7.37. The summed E-state index contributed by atoms with van der Waals surface area (Å²) in [7, 11) is 0. The number of hydrogen-bond donors (Lipinski definition) is 2. The molecule has 1 aliphatic carbocycles. The van der Waals surface area contributed by atoms with E-state index in [9.17, 15) is 9.59 Å². The molecule has 0 aliphatic heterocycles. The Hall–Kier alpha value is -3.80. The van der Waals surface area contributed by atoms with Gasteiger partial charge in [-0.15, -0.1) is 0 Å². The van der Waals surface area contributed by atoms with Crippen LogP contribution in [0.4, 0.5) is 0 Å². The van der Waals surface area contributed by atoms with Gasteiger partial charge in [-0.2, -0.15) is 0 Å². The third-order valence-corrected chi connectivity index (χ3v) is 6.96. The Bertz CT molecular complexity index is 1620. The van der Waals surface area contributed by atoms with Crippen LogP contribution in [0.15, 0.2) is 56.3 Å². The molecule has 2 N–H and O–H groups in total. The molecule has 1 amide bonds. The van der Waals surface area contributed by atoms with Gasteiger partial charge < -0.3 is 19.1 Å². The van der Waals surface area contributed by atoms with Crippen molar-refractivity contribution < 1.29 is 13.6 Å². The van der Waals surface area contributed by atoms with E-state index in [2.05, 4.69) is 22.4 Å². The molecule has 33 heavy (non-hydrogen) atoms. The van der Waals surface area contributed by atoms with Crippen LogP contribution in [-0.2, 0) is 17.6 Å². The van der Waals surface area contributed by atoms with Crippen LogP contribution in [-0.4, -0.2) is 10.9 Å². The van der Waals surface area contributed by atoms with Crippen molar-refractivity contribution in [1.29, 1.82) is 0 Å². The fraction of sp³-hybridized carbons (Fsp3) is 0.259. The third-order valence-electron chi connectivity index (χ3n) is 6.96. The van der Waals surface area contributed by atoms with E-state index in [0.717, 1.165) is 52.4 Å². The highest BCUT2D eigenvalue weighted by Gasteiger charge is 2.26. The van der Waals surface area contributed by atoms with E-state index in [4.69, 9.17) is 8.83 Å². The lowest BCUT2D eigenvalue weighted by atomic mass is 9.91. The minimum absolute atomic E-state index is 0.0153. The van der Waals surface area contributed by atoms with Gasteiger partial charge in [-0.25, -0.2) is 4.79 Å². The molecule has 6 rings (SSSR count). The number of fused-ring (bicyclic) bond motifs is 5. The van der Waals surface area contributed by atoms with Crippen molar-refractivity contribution in [3.05, 3.63) is 81.0 Å². The molecule has 2 aromatic carbocycles. The van der Waals surface area contributed by atoms with Crippen LogP contribution in [0.25, 0.3) is 32.8 Å². The molecule has 3 aromatic heterocycles. The average Bonchev–Trinajstić information content (AvgIpc) is 3.36. The Morgan fingerprint density at radius 1 is 1.12 bits per heavy atom. The van der Waals surface area contributed by atoms with Crippen molar-refractivity contribution >= 4 is 38.7 Å². The van der Waals surface area contributed by atoms with Crippen molar-refractivity contribution in [2.75, 3.05) is 0 Å². The number of aryl methyl sites for hydroxylation is 3.